The third kappa shape index (κ3) is 4.80. The molecule has 114 valence electrons. The van der Waals surface area contributed by atoms with Gasteiger partial charge in [-0.25, -0.2) is 0 Å². The number of carboxylic acids is 1. The fourth-order valence-electron chi connectivity index (χ4n) is 2.14. The van der Waals surface area contributed by atoms with E-state index in [4.69, 9.17) is 5.11 Å². The largest absolute Gasteiger partial charge is 0.480 e. The van der Waals surface area contributed by atoms with Crippen molar-refractivity contribution in [2.24, 2.45) is 0 Å². The molecule has 0 aromatic rings. The topological polar surface area (TPSA) is 81.2 Å². The lowest BCUT2D eigenvalue weighted by molar-refractivity contribution is -0.142. The van der Waals surface area contributed by atoms with Gasteiger partial charge in [-0.1, -0.05) is 0 Å². The van der Waals surface area contributed by atoms with Gasteiger partial charge >= 0.3 is 5.97 Å². The second kappa shape index (κ2) is 7.23. The first-order chi connectivity index (χ1) is 9.31. The monoisotopic (exact) mass is 285 g/mol. The van der Waals surface area contributed by atoms with Crippen LogP contribution < -0.4 is 0 Å². The van der Waals surface area contributed by atoms with E-state index in [2.05, 4.69) is 0 Å². The van der Waals surface area contributed by atoms with Crippen molar-refractivity contribution < 1.29 is 19.5 Å². The zero-order chi connectivity index (χ0) is 15.3. The zero-order valence-corrected chi connectivity index (χ0v) is 12.3. The molecule has 1 saturated heterocycles. The number of carbonyl (C=O) groups is 3. The number of rotatable bonds is 5. The summed E-state index contributed by atoms with van der Waals surface area (Å²) in [5.74, 6) is -0.997. The van der Waals surface area contributed by atoms with Gasteiger partial charge in [-0.2, -0.15) is 0 Å². The third-order valence-corrected chi connectivity index (χ3v) is 3.48. The Hall–Kier alpha value is -1.63. The summed E-state index contributed by atoms with van der Waals surface area (Å²) in [4.78, 5) is 39.2. The van der Waals surface area contributed by atoms with Crippen LogP contribution in [0.4, 0.5) is 0 Å². The molecule has 1 fully saturated rings. The Morgan fingerprint density at radius 3 is 1.95 bits per heavy atom. The van der Waals surface area contributed by atoms with Crippen LogP contribution in [-0.4, -0.2) is 82.9 Å². The van der Waals surface area contributed by atoms with E-state index in [-0.39, 0.29) is 30.9 Å². The van der Waals surface area contributed by atoms with Crippen LogP contribution in [0, 0.1) is 0 Å². The molecular weight excluding hydrogens is 262 g/mol. The Balaban J connectivity index is 2.49. The molecular formula is C13H23N3O4. The van der Waals surface area contributed by atoms with Crippen molar-refractivity contribution >= 4 is 17.8 Å². The van der Waals surface area contributed by atoms with Crippen molar-refractivity contribution in [2.45, 2.75) is 26.8 Å². The van der Waals surface area contributed by atoms with E-state index in [1.807, 2.05) is 13.8 Å². The molecule has 0 atom stereocenters. The summed E-state index contributed by atoms with van der Waals surface area (Å²) >= 11 is 0. The van der Waals surface area contributed by atoms with Crippen molar-refractivity contribution in [1.29, 1.82) is 0 Å². The summed E-state index contributed by atoms with van der Waals surface area (Å²) in [5.41, 5.74) is 0. The van der Waals surface area contributed by atoms with Crippen molar-refractivity contribution in [3.8, 4) is 0 Å². The van der Waals surface area contributed by atoms with Gasteiger partial charge in [0.1, 0.15) is 0 Å². The zero-order valence-electron chi connectivity index (χ0n) is 12.3. The second-order valence-corrected chi connectivity index (χ2v) is 5.28. The van der Waals surface area contributed by atoms with Crippen LogP contribution in [0.25, 0.3) is 0 Å². The fraction of sp³-hybridized carbons (Fsp3) is 0.769. The Labute approximate surface area is 119 Å². The molecule has 0 unspecified atom stereocenters. The minimum Gasteiger partial charge on any atom is -0.480 e. The highest BCUT2D eigenvalue weighted by atomic mass is 16.4. The Bertz CT molecular complexity index is 376. The molecule has 0 bridgehead atoms. The summed E-state index contributed by atoms with van der Waals surface area (Å²) in [7, 11) is 0. The minimum atomic E-state index is -0.937. The third-order valence-electron chi connectivity index (χ3n) is 3.48. The standard InChI is InChI=1S/C13H23N3O4/c1-10(2)16(9-13(19)20)8-12(18)15-6-4-14(5-7-15)11(3)17/h10H,4-9H2,1-3H3,(H,19,20). The smallest absolute Gasteiger partial charge is 0.317 e. The minimum absolute atomic E-state index is 0.00596. The van der Waals surface area contributed by atoms with Crippen LogP contribution in [0.5, 0.6) is 0 Å². The van der Waals surface area contributed by atoms with Gasteiger partial charge in [0.05, 0.1) is 13.1 Å². The molecule has 1 heterocycles. The van der Waals surface area contributed by atoms with E-state index >= 15 is 0 Å². The van der Waals surface area contributed by atoms with Crippen LogP contribution in [0.15, 0.2) is 0 Å². The molecule has 2 amide bonds. The van der Waals surface area contributed by atoms with Crippen LogP contribution in [0.2, 0.25) is 0 Å². The number of piperazine rings is 1. The Morgan fingerprint density at radius 2 is 1.55 bits per heavy atom. The van der Waals surface area contributed by atoms with Gasteiger partial charge in [0.15, 0.2) is 0 Å². The molecule has 0 aromatic heterocycles. The number of carboxylic acid groups (broad SMARTS) is 1. The molecule has 20 heavy (non-hydrogen) atoms. The molecule has 1 aliphatic rings. The SMILES string of the molecule is CC(=O)N1CCN(C(=O)CN(CC(=O)O)C(C)C)CC1. The molecule has 0 aliphatic carbocycles. The number of hydrogen-bond donors (Lipinski definition) is 1. The van der Waals surface area contributed by atoms with E-state index in [9.17, 15) is 14.4 Å². The molecule has 7 nitrogen and oxygen atoms in total. The van der Waals surface area contributed by atoms with E-state index in [0.717, 1.165) is 0 Å². The summed E-state index contributed by atoms with van der Waals surface area (Å²) in [5, 5.41) is 8.84. The number of nitrogens with zero attached hydrogens (tertiary/aromatic N) is 3. The van der Waals surface area contributed by atoms with Gasteiger partial charge in [-0.3, -0.25) is 19.3 Å². The molecule has 0 saturated carbocycles. The van der Waals surface area contributed by atoms with Crippen LogP contribution in [0.3, 0.4) is 0 Å². The summed E-state index contributed by atoms with van der Waals surface area (Å²) < 4.78 is 0. The molecule has 1 rings (SSSR count). The maximum atomic E-state index is 12.2. The van der Waals surface area contributed by atoms with Gasteiger partial charge in [0.25, 0.3) is 0 Å². The molecule has 0 radical (unpaired) electrons. The van der Waals surface area contributed by atoms with Crippen molar-refractivity contribution in [3.63, 3.8) is 0 Å². The van der Waals surface area contributed by atoms with Crippen LogP contribution in [0.1, 0.15) is 20.8 Å². The van der Waals surface area contributed by atoms with E-state index in [1.54, 1.807) is 14.7 Å². The Morgan fingerprint density at radius 1 is 1.05 bits per heavy atom. The van der Waals surface area contributed by atoms with Gasteiger partial charge in [0, 0.05) is 39.1 Å². The van der Waals surface area contributed by atoms with Gasteiger partial charge < -0.3 is 14.9 Å². The highest BCUT2D eigenvalue weighted by molar-refractivity contribution is 5.80. The highest BCUT2D eigenvalue weighted by Crippen LogP contribution is 2.05. The molecule has 0 spiro atoms. The predicted octanol–water partition coefficient (Wildman–Crippen LogP) is -0.528. The first-order valence-corrected chi connectivity index (χ1v) is 6.80. The normalized spacial score (nSPS) is 15.8. The van der Waals surface area contributed by atoms with E-state index in [1.165, 1.54) is 6.92 Å². The van der Waals surface area contributed by atoms with Gasteiger partial charge in [-0.15, -0.1) is 0 Å². The number of aliphatic carboxylic acids is 1. The lowest BCUT2D eigenvalue weighted by atomic mass is 10.2. The molecule has 1 aliphatic heterocycles. The predicted molar refractivity (Wildman–Crippen MR) is 73.2 cm³/mol. The van der Waals surface area contributed by atoms with Crippen molar-refractivity contribution in [2.75, 3.05) is 39.3 Å². The molecule has 0 aromatic carbocycles. The average molecular weight is 285 g/mol. The van der Waals surface area contributed by atoms with E-state index in [0.29, 0.717) is 26.2 Å². The lowest BCUT2D eigenvalue weighted by Gasteiger charge is -2.35. The average Bonchev–Trinajstić information content (AvgIpc) is 2.37. The summed E-state index contributed by atoms with van der Waals surface area (Å²) in [6.45, 7) is 7.32. The lowest BCUT2D eigenvalue weighted by Crippen LogP contribution is -2.53. The number of hydrogen-bond acceptors (Lipinski definition) is 4. The van der Waals surface area contributed by atoms with Crippen molar-refractivity contribution in [1.82, 2.24) is 14.7 Å². The quantitative estimate of drug-likeness (QED) is 0.734. The van der Waals surface area contributed by atoms with Crippen LogP contribution >= 0.6 is 0 Å². The summed E-state index contributed by atoms with van der Waals surface area (Å²) in [6, 6.07) is -0.00596. The first kappa shape index (κ1) is 16.4. The first-order valence-electron chi connectivity index (χ1n) is 6.80. The highest BCUT2D eigenvalue weighted by Gasteiger charge is 2.25. The van der Waals surface area contributed by atoms with E-state index < -0.39 is 5.97 Å². The Kier molecular flexibility index (Phi) is 5.94. The maximum Gasteiger partial charge on any atom is 0.317 e. The van der Waals surface area contributed by atoms with Crippen molar-refractivity contribution in [3.05, 3.63) is 0 Å². The number of carbonyl (C=O) groups excluding carboxylic acids is 2. The van der Waals surface area contributed by atoms with Crippen LogP contribution in [-0.2, 0) is 14.4 Å². The molecule has 1 N–H and O–H groups in total. The fourth-order valence-corrected chi connectivity index (χ4v) is 2.14. The van der Waals surface area contributed by atoms with Gasteiger partial charge in [-0.05, 0) is 13.8 Å². The summed E-state index contributed by atoms with van der Waals surface area (Å²) in [6.07, 6.45) is 0. The second-order valence-electron chi connectivity index (χ2n) is 5.28. The maximum absolute atomic E-state index is 12.2. The van der Waals surface area contributed by atoms with Gasteiger partial charge in [0.2, 0.25) is 11.8 Å². The number of amides is 2. The molecule has 7 heteroatoms.